The van der Waals surface area contributed by atoms with Crippen LogP contribution in [0.4, 0.5) is 0 Å². The van der Waals surface area contributed by atoms with Crippen LogP contribution in [0.25, 0.3) is 89.1 Å². The molecule has 0 aliphatic rings. The van der Waals surface area contributed by atoms with E-state index in [-0.39, 0.29) is 0 Å². The van der Waals surface area contributed by atoms with Crippen LogP contribution in [0.15, 0.2) is 168 Å². The first kappa shape index (κ1) is 27.0. The summed E-state index contributed by atoms with van der Waals surface area (Å²) in [6.07, 6.45) is 0. The van der Waals surface area contributed by atoms with Crippen LogP contribution in [0.5, 0.6) is 0 Å². The Balaban J connectivity index is 1.27. The van der Waals surface area contributed by atoms with Crippen LogP contribution in [0, 0.1) is 0 Å². The van der Waals surface area contributed by atoms with E-state index in [0.717, 1.165) is 60.7 Å². The Labute approximate surface area is 271 Å². The Bertz CT molecular complexity index is 2540. The normalized spacial score (nSPS) is 11.4. The summed E-state index contributed by atoms with van der Waals surface area (Å²) < 4.78 is 6.62. The van der Waals surface area contributed by atoms with Crippen molar-refractivity contribution in [2.24, 2.45) is 0 Å². The molecule has 2 aromatic heterocycles. The lowest BCUT2D eigenvalue weighted by Gasteiger charge is -2.11. The van der Waals surface area contributed by atoms with Gasteiger partial charge in [0.15, 0.2) is 17.5 Å². The van der Waals surface area contributed by atoms with Crippen molar-refractivity contribution in [3.63, 3.8) is 0 Å². The zero-order valence-electron chi connectivity index (χ0n) is 25.3. The number of aromatic nitrogens is 3. The van der Waals surface area contributed by atoms with E-state index in [1.54, 1.807) is 0 Å². The monoisotopic (exact) mass is 601 g/mol. The number of furan rings is 1. The van der Waals surface area contributed by atoms with E-state index in [9.17, 15) is 0 Å². The molecule has 0 bridgehead atoms. The minimum atomic E-state index is 0.607. The van der Waals surface area contributed by atoms with Crippen molar-refractivity contribution >= 4 is 32.7 Å². The second-order valence-corrected chi connectivity index (χ2v) is 11.7. The van der Waals surface area contributed by atoms with Gasteiger partial charge in [-0.15, -0.1) is 0 Å². The summed E-state index contributed by atoms with van der Waals surface area (Å²) in [5, 5.41) is 4.40. The summed E-state index contributed by atoms with van der Waals surface area (Å²) in [6, 6.07) is 56.3. The lowest BCUT2D eigenvalue weighted by molar-refractivity contribution is 0.670. The predicted octanol–water partition coefficient (Wildman–Crippen LogP) is 11.3. The third-order valence-electron chi connectivity index (χ3n) is 8.70. The molecule has 0 N–H and O–H groups in total. The Morgan fingerprint density at radius 2 is 0.809 bits per heavy atom. The highest BCUT2D eigenvalue weighted by Crippen LogP contribution is 2.40. The lowest BCUT2D eigenvalue weighted by atomic mass is 9.98. The molecule has 4 heteroatoms. The molecule has 9 rings (SSSR count). The summed E-state index contributed by atoms with van der Waals surface area (Å²) in [7, 11) is 0. The molecule has 0 aliphatic heterocycles. The van der Waals surface area contributed by atoms with Gasteiger partial charge in [-0.1, -0.05) is 140 Å². The minimum Gasteiger partial charge on any atom is -0.455 e. The molecule has 9 aromatic rings. The van der Waals surface area contributed by atoms with Gasteiger partial charge >= 0.3 is 0 Å². The first-order chi connectivity index (χ1) is 23.3. The Hall–Kier alpha value is -6.39. The van der Waals surface area contributed by atoms with Crippen LogP contribution < -0.4 is 0 Å². The molecule has 220 valence electrons. The molecule has 47 heavy (non-hydrogen) atoms. The van der Waals surface area contributed by atoms with Gasteiger partial charge in [0.1, 0.15) is 11.2 Å². The molecular weight excluding hydrogens is 574 g/mol. The van der Waals surface area contributed by atoms with Gasteiger partial charge in [0.05, 0.1) is 0 Å². The van der Waals surface area contributed by atoms with Gasteiger partial charge in [-0.3, -0.25) is 0 Å². The average Bonchev–Trinajstić information content (AvgIpc) is 3.51. The zero-order valence-corrected chi connectivity index (χ0v) is 25.3. The molecule has 2 heterocycles. The standard InChI is InChI=1S/C43H27N3O/c1-4-12-28(13-5-1)29-20-22-32(23-21-29)42-44-41(31-16-8-3-9-17-31)45-43(46-42)35-25-36(30-14-6-2-7-15-30)40-38(26-35)37-24-33-18-10-11-19-34(33)27-39(37)47-40/h1-27H. The fraction of sp³-hybridized carbons (Fsp3) is 0. The predicted molar refractivity (Wildman–Crippen MR) is 192 cm³/mol. The molecule has 0 unspecified atom stereocenters. The maximum Gasteiger partial charge on any atom is 0.164 e. The topological polar surface area (TPSA) is 51.8 Å². The fourth-order valence-corrected chi connectivity index (χ4v) is 6.32. The van der Waals surface area contributed by atoms with Crippen molar-refractivity contribution in [3.8, 4) is 56.4 Å². The Morgan fingerprint density at radius 1 is 0.340 bits per heavy atom. The largest absolute Gasteiger partial charge is 0.455 e. The number of hydrogen-bond acceptors (Lipinski definition) is 4. The summed E-state index contributed by atoms with van der Waals surface area (Å²) in [4.78, 5) is 15.2. The molecule has 0 atom stereocenters. The molecule has 4 nitrogen and oxygen atoms in total. The number of nitrogens with zero attached hydrogens (tertiary/aromatic N) is 3. The van der Waals surface area contributed by atoms with E-state index < -0.39 is 0 Å². The summed E-state index contributed by atoms with van der Waals surface area (Å²) in [5.41, 5.74) is 8.83. The molecule has 0 saturated heterocycles. The maximum absolute atomic E-state index is 6.62. The summed E-state index contributed by atoms with van der Waals surface area (Å²) in [5.74, 6) is 1.86. The van der Waals surface area contributed by atoms with Gasteiger partial charge in [-0.2, -0.15) is 0 Å². The smallest absolute Gasteiger partial charge is 0.164 e. The molecule has 7 aromatic carbocycles. The van der Waals surface area contributed by atoms with Crippen LogP contribution in [0.1, 0.15) is 0 Å². The average molecular weight is 602 g/mol. The molecule has 0 saturated carbocycles. The van der Waals surface area contributed by atoms with Crippen LogP contribution in [0.3, 0.4) is 0 Å². The Kier molecular flexibility index (Phi) is 6.43. The molecule has 0 aliphatic carbocycles. The molecule has 0 spiro atoms. The van der Waals surface area contributed by atoms with Gasteiger partial charge in [0, 0.05) is 33.0 Å². The second kappa shape index (κ2) is 11.2. The first-order valence-electron chi connectivity index (χ1n) is 15.7. The van der Waals surface area contributed by atoms with Crippen molar-refractivity contribution in [1.29, 1.82) is 0 Å². The van der Waals surface area contributed by atoms with Gasteiger partial charge in [0.25, 0.3) is 0 Å². The molecular formula is C43H27N3O. The van der Waals surface area contributed by atoms with Crippen LogP contribution >= 0.6 is 0 Å². The van der Waals surface area contributed by atoms with Crippen LogP contribution in [0.2, 0.25) is 0 Å². The molecule has 0 amide bonds. The highest BCUT2D eigenvalue weighted by Gasteiger charge is 2.19. The summed E-state index contributed by atoms with van der Waals surface area (Å²) in [6.45, 7) is 0. The van der Waals surface area contributed by atoms with E-state index >= 15 is 0 Å². The quantitative estimate of drug-likeness (QED) is 0.197. The van der Waals surface area contributed by atoms with E-state index in [1.807, 2.05) is 42.5 Å². The summed E-state index contributed by atoms with van der Waals surface area (Å²) >= 11 is 0. The second-order valence-electron chi connectivity index (χ2n) is 11.7. The fourth-order valence-electron chi connectivity index (χ4n) is 6.32. The highest BCUT2D eigenvalue weighted by atomic mass is 16.3. The number of fused-ring (bicyclic) bond motifs is 4. The van der Waals surface area contributed by atoms with Crippen molar-refractivity contribution in [2.75, 3.05) is 0 Å². The van der Waals surface area contributed by atoms with Gasteiger partial charge in [-0.25, -0.2) is 15.0 Å². The van der Waals surface area contributed by atoms with E-state index in [1.165, 1.54) is 10.9 Å². The van der Waals surface area contributed by atoms with E-state index in [2.05, 4.69) is 121 Å². The van der Waals surface area contributed by atoms with E-state index in [0.29, 0.717) is 17.5 Å². The number of hydrogen-bond donors (Lipinski definition) is 0. The van der Waals surface area contributed by atoms with Gasteiger partial charge in [0.2, 0.25) is 0 Å². The maximum atomic E-state index is 6.62. The van der Waals surface area contributed by atoms with Crippen molar-refractivity contribution < 1.29 is 4.42 Å². The van der Waals surface area contributed by atoms with Gasteiger partial charge < -0.3 is 4.42 Å². The van der Waals surface area contributed by atoms with Crippen molar-refractivity contribution in [2.45, 2.75) is 0 Å². The third kappa shape index (κ3) is 4.93. The number of benzene rings is 7. The minimum absolute atomic E-state index is 0.607. The zero-order chi connectivity index (χ0) is 31.2. The Morgan fingerprint density at radius 3 is 1.45 bits per heavy atom. The first-order valence-corrected chi connectivity index (χ1v) is 15.7. The highest BCUT2D eigenvalue weighted by molar-refractivity contribution is 6.14. The van der Waals surface area contributed by atoms with Crippen molar-refractivity contribution in [1.82, 2.24) is 15.0 Å². The van der Waals surface area contributed by atoms with Gasteiger partial charge in [-0.05, 0) is 51.7 Å². The number of rotatable bonds is 5. The molecule has 0 fully saturated rings. The lowest BCUT2D eigenvalue weighted by Crippen LogP contribution is -2.00. The van der Waals surface area contributed by atoms with E-state index in [4.69, 9.17) is 19.4 Å². The third-order valence-corrected chi connectivity index (χ3v) is 8.70. The van der Waals surface area contributed by atoms with Crippen LogP contribution in [-0.2, 0) is 0 Å². The van der Waals surface area contributed by atoms with Crippen LogP contribution in [-0.4, -0.2) is 15.0 Å². The van der Waals surface area contributed by atoms with Crippen molar-refractivity contribution in [3.05, 3.63) is 164 Å². The SMILES string of the molecule is c1ccc(-c2ccc(-c3nc(-c4ccccc4)nc(-c4cc(-c5ccccc5)c5oc6cc7ccccc7cc6c5c4)n3)cc2)cc1. The molecule has 0 radical (unpaired) electrons.